The zero-order valence-electron chi connectivity index (χ0n) is 20.0. The second-order valence-corrected chi connectivity index (χ2v) is 8.49. The van der Waals surface area contributed by atoms with Crippen molar-refractivity contribution in [3.63, 3.8) is 0 Å². The molecule has 0 saturated carbocycles. The van der Waals surface area contributed by atoms with Gasteiger partial charge in [-0.2, -0.15) is 0 Å². The predicted molar refractivity (Wildman–Crippen MR) is 130 cm³/mol. The first-order valence-corrected chi connectivity index (χ1v) is 11.5. The molecule has 4 aromatic rings. The fraction of sp³-hybridized carbons (Fsp3) is 0.360. The van der Waals surface area contributed by atoms with Crippen molar-refractivity contribution in [3.05, 3.63) is 75.3 Å². The molecule has 1 aliphatic rings. The lowest BCUT2D eigenvalue weighted by molar-refractivity contribution is 0.169. The van der Waals surface area contributed by atoms with Crippen LogP contribution in [0.15, 0.2) is 47.3 Å². The topological polar surface area (TPSA) is 107 Å². The van der Waals surface area contributed by atoms with Gasteiger partial charge in [-0.15, -0.1) is 5.10 Å². The van der Waals surface area contributed by atoms with Crippen LogP contribution in [0.5, 0.6) is 11.5 Å². The van der Waals surface area contributed by atoms with Crippen LogP contribution in [0.25, 0.3) is 10.9 Å². The molecule has 0 spiro atoms. The average molecular weight is 477 g/mol. The third-order valence-electron chi connectivity index (χ3n) is 6.51. The Labute approximate surface area is 202 Å². The smallest absolute Gasteiger partial charge is 0.253 e. The predicted octanol–water partition coefficient (Wildman–Crippen LogP) is 2.33. The van der Waals surface area contributed by atoms with Gasteiger partial charge in [0.25, 0.3) is 5.56 Å². The van der Waals surface area contributed by atoms with Gasteiger partial charge >= 0.3 is 0 Å². The SMILES string of the molecule is COCCn1nnnc1C(c1cc2cc(OC)c(OC)cc2[nH]c1=O)N1CCc2ccccc2C1. The summed E-state index contributed by atoms with van der Waals surface area (Å²) in [6.07, 6.45) is 0.878. The van der Waals surface area contributed by atoms with E-state index in [1.165, 1.54) is 11.1 Å². The lowest BCUT2D eigenvalue weighted by Gasteiger charge is -2.34. The lowest BCUT2D eigenvalue weighted by atomic mass is 9.96. The molecule has 0 saturated heterocycles. The molecule has 35 heavy (non-hydrogen) atoms. The second kappa shape index (κ2) is 9.85. The Hall–Kier alpha value is -3.76. The standard InChI is InChI=1S/C25H28N6O4/c1-33-11-10-31-24(27-28-29-31)23(30-9-8-16-6-4-5-7-17(16)15-30)19-12-18-13-21(34-2)22(35-3)14-20(18)26-25(19)32/h4-7,12-14,23H,8-11,15H2,1-3H3,(H,26,32). The number of hydrogen-bond donors (Lipinski definition) is 1. The maximum Gasteiger partial charge on any atom is 0.253 e. The number of aromatic amines is 1. The fourth-order valence-electron chi connectivity index (χ4n) is 4.73. The van der Waals surface area contributed by atoms with E-state index in [0.717, 1.165) is 18.4 Å². The molecule has 1 atom stereocenters. The normalized spacial score (nSPS) is 14.6. The number of tetrazole rings is 1. The number of aromatic nitrogens is 5. The molecular formula is C25H28N6O4. The van der Waals surface area contributed by atoms with E-state index in [0.29, 0.717) is 48.1 Å². The third kappa shape index (κ3) is 4.38. The van der Waals surface area contributed by atoms with Crippen LogP contribution in [0, 0.1) is 0 Å². The van der Waals surface area contributed by atoms with Gasteiger partial charge in [0.1, 0.15) is 6.04 Å². The fourth-order valence-corrected chi connectivity index (χ4v) is 4.73. The molecule has 1 aliphatic heterocycles. The van der Waals surface area contributed by atoms with Crippen molar-refractivity contribution in [3.8, 4) is 11.5 Å². The van der Waals surface area contributed by atoms with Gasteiger partial charge in [-0.25, -0.2) is 4.68 Å². The number of pyridine rings is 1. The van der Waals surface area contributed by atoms with Crippen molar-refractivity contribution in [1.82, 2.24) is 30.1 Å². The third-order valence-corrected chi connectivity index (χ3v) is 6.51. The average Bonchev–Trinajstić information content (AvgIpc) is 3.35. The van der Waals surface area contributed by atoms with E-state index in [9.17, 15) is 4.79 Å². The number of H-pyrrole nitrogens is 1. The highest BCUT2D eigenvalue weighted by atomic mass is 16.5. The van der Waals surface area contributed by atoms with Gasteiger partial charge in [-0.05, 0) is 40.1 Å². The van der Waals surface area contributed by atoms with E-state index in [2.05, 4.69) is 43.6 Å². The molecule has 2 aromatic heterocycles. The van der Waals surface area contributed by atoms with E-state index in [4.69, 9.17) is 14.2 Å². The first-order valence-electron chi connectivity index (χ1n) is 11.5. The summed E-state index contributed by atoms with van der Waals surface area (Å²) in [6, 6.07) is 13.5. The molecule has 2 aromatic carbocycles. The van der Waals surface area contributed by atoms with Crippen molar-refractivity contribution in [2.24, 2.45) is 0 Å². The maximum absolute atomic E-state index is 13.5. The van der Waals surface area contributed by atoms with Crippen molar-refractivity contribution in [2.75, 3.05) is 34.5 Å². The molecule has 182 valence electrons. The number of ether oxygens (including phenoxy) is 3. The monoisotopic (exact) mass is 476 g/mol. The molecule has 0 amide bonds. The van der Waals surface area contributed by atoms with E-state index in [1.807, 2.05) is 18.2 Å². The summed E-state index contributed by atoms with van der Waals surface area (Å²) in [4.78, 5) is 18.8. The molecular weight excluding hydrogens is 448 g/mol. The number of nitrogens with one attached hydrogen (secondary N) is 1. The molecule has 1 unspecified atom stereocenters. The summed E-state index contributed by atoms with van der Waals surface area (Å²) in [5.41, 5.74) is 3.60. The van der Waals surface area contributed by atoms with E-state index in [1.54, 1.807) is 32.1 Å². The molecule has 10 heteroatoms. The van der Waals surface area contributed by atoms with Crippen molar-refractivity contribution < 1.29 is 14.2 Å². The van der Waals surface area contributed by atoms with Gasteiger partial charge in [-0.3, -0.25) is 9.69 Å². The summed E-state index contributed by atoms with van der Waals surface area (Å²) in [6.45, 7) is 2.39. The number of rotatable bonds is 8. The van der Waals surface area contributed by atoms with Crippen LogP contribution >= 0.6 is 0 Å². The second-order valence-electron chi connectivity index (χ2n) is 8.49. The molecule has 0 radical (unpaired) electrons. The first kappa shape index (κ1) is 23.0. The number of hydrogen-bond acceptors (Lipinski definition) is 8. The zero-order chi connectivity index (χ0) is 24.4. The molecule has 1 N–H and O–H groups in total. The van der Waals surface area contributed by atoms with Crippen molar-refractivity contribution in [1.29, 1.82) is 0 Å². The lowest BCUT2D eigenvalue weighted by Crippen LogP contribution is -2.38. The van der Waals surface area contributed by atoms with E-state index in [-0.39, 0.29) is 5.56 Å². The van der Waals surface area contributed by atoms with E-state index >= 15 is 0 Å². The summed E-state index contributed by atoms with van der Waals surface area (Å²) in [5, 5.41) is 13.3. The zero-order valence-corrected chi connectivity index (χ0v) is 20.0. The number of methoxy groups -OCH3 is 3. The van der Waals surface area contributed by atoms with E-state index < -0.39 is 6.04 Å². The largest absolute Gasteiger partial charge is 0.493 e. The molecule has 0 aliphatic carbocycles. The summed E-state index contributed by atoms with van der Waals surface area (Å²) >= 11 is 0. The molecule has 0 bridgehead atoms. The van der Waals surface area contributed by atoms with Gasteiger partial charge in [0, 0.05) is 37.2 Å². The Morgan fingerprint density at radius 2 is 1.83 bits per heavy atom. The van der Waals surface area contributed by atoms with Gasteiger partial charge in [0.15, 0.2) is 17.3 Å². The van der Waals surface area contributed by atoms with Gasteiger partial charge < -0.3 is 19.2 Å². The Bertz CT molecular complexity index is 1400. The van der Waals surface area contributed by atoms with Crippen LogP contribution in [-0.2, 0) is 24.2 Å². The molecule has 5 rings (SSSR count). The van der Waals surface area contributed by atoms with Crippen molar-refractivity contribution in [2.45, 2.75) is 25.6 Å². The Balaban J connectivity index is 1.65. The van der Waals surface area contributed by atoms with Gasteiger partial charge in [0.05, 0.1) is 32.9 Å². The highest BCUT2D eigenvalue weighted by Crippen LogP contribution is 2.34. The summed E-state index contributed by atoms with van der Waals surface area (Å²) < 4.78 is 17.9. The number of benzene rings is 2. The minimum absolute atomic E-state index is 0.199. The maximum atomic E-state index is 13.5. The number of nitrogens with zero attached hydrogens (tertiary/aromatic N) is 5. The summed E-state index contributed by atoms with van der Waals surface area (Å²) in [5.74, 6) is 1.74. The minimum atomic E-state index is -0.448. The van der Waals surface area contributed by atoms with Crippen LogP contribution in [0.4, 0.5) is 0 Å². The van der Waals surface area contributed by atoms with Gasteiger partial charge in [0.2, 0.25) is 0 Å². The molecule has 10 nitrogen and oxygen atoms in total. The Kier molecular flexibility index (Phi) is 6.47. The van der Waals surface area contributed by atoms with Crippen LogP contribution in [0.1, 0.15) is 28.6 Å². The quantitative estimate of drug-likeness (QED) is 0.413. The highest BCUT2D eigenvalue weighted by molar-refractivity contribution is 5.83. The van der Waals surface area contributed by atoms with Crippen LogP contribution < -0.4 is 15.0 Å². The van der Waals surface area contributed by atoms with Crippen LogP contribution in [0.2, 0.25) is 0 Å². The Morgan fingerprint density at radius 3 is 2.60 bits per heavy atom. The van der Waals surface area contributed by atoms with Crippen LogP contribution in [0.3, 0.4) is 0 Å². The molecule has 3 heterocycles. The summed E-state index contributed by atoms with van der Waals surface area (Å²) in [7, 11) is 4.80. The van der Waals surface area contributed by atoms with Crippen LogP contribution in [-0.4, -0.2) is 64.6 Å². The highest BCUT2D eigenvalue weighted by Gasteiger charge is 2.32. The number of fused-ring (bicyclic) bond motifs is 2. The first-order chi connectivity index (χ1) is 17.1. The van der Waals surface area contributed by atoms with Crippen molar-refractivity contribution >= 4 is 10.9 Å². The van der Waals surface area contributed by atoms with Gasteiger partial charge in [-0.1, -0.05) is 24.3 Å². The molecule has 0 fully saturated rings. The Morgan fingerprint density at radius 1 is 1.06 bits per heavy atom. The minimum Gasteiger partial charge on any atom is -0.493 e.